The van der Waals surface area contributed by atoms with E-state index in [1.54, 1.807) is 41.3 Å². The number of anilines is 1. The number of benzene rings is 4. The molecule has 2 aliphatic rings. The summed E-state index contributed by atoms with van der Waals surface area (Å²) in [5.41, 5.74) is 4.62. The number of imide groups is 1. The van der Waals surface area contributed by atoms with E-state index in [9.17, 15) is 19.2 Å². The lowest BCUT2D eigenvalue weighted by Crippen LogP contribution is -2.29. The van der Waals surface area contributed by atoms with Gasteiger partial charge < -0.3 is 4.90 Å². The van der Waals surface area contributed by atoms with E-state index in [1.807, 2.05) is 62.4 Å². The third-order valence-corrected chi connectivity index (χ3v) is 7.39. The number of rotatable bonds is 5. The molecule has 2 atom stereocenters. The van der Waals surface area contributed by atoms with Crippen LogP contribution in [-0.2, 0) is 0 Å². The summed E-state index contributed by atoms with van der Waals surface area (Å²) in [5, 5.41) is 0. The molecular formula is C32H24N2O4. The van der Waals surface area contributed by atoms with Gasteiger partial charge in [0, 0.05) is 11.1 Å². The van der Waals surface area contributed by atoms with Gasteiger partial charge in [-0.3, -0.25) is 19.2 Å². The van der Waals surface area contributed by atoms with Crippen LogP contribution in [0.3, 0.4) is 0 Å². The Labute approximate surface area is 220 Å². The number of carbonyl (C=O) groups is 4. The number of hydrogen-bond donors (Lipinski definition) is 0. The maximum atomic E-state index is 13.7. The molecule has 0 aromatic heterocycles. The molecule has 2 heterocycles. The molecule has 0 saturated carbocycles. The molecule has 38 heavy (non-hydrogen) atoms. The number of fused-ring (bicyclic) bond motifs is 1. The summed E-state index contributed by atoms with van der Waals surface area (Å²) < 4.78 is 0. The Morgan fingerprint density at radius 2 is 1.32 bits per heavy atom. The number of ketones is 1. The minimum Gasteiger partial charge on any atom is -0.316 e. The third kappa shape index (κ3) is 3.73. The van der Waals surface area contributed by atoms with E-state index in [0.29, 0.717) is 11.3 Å². The average Bonchev–Trinajstić information content (AvgIpc) is 3.64. The lowest BCUT2D eigenvalue weighted by molar-refractivity contribution is 0.0833. The zero-order valence-electron chi connectivity index (χ0n) is 20.9. The van der Waals surface area contributed by atoms with Crippen molar-refractivity contribution in [2.75, 3.05) is 4.90 Å². The van der Waals surface area contributed by atoms with Crippen LogP contribution in [0.5, 0.6) is 0 Å². The molecule has 4 aromatic rings. The van der Waals surface area contributed by atoms with Crippen molar-refractivity contribution in [3.63, 3.8) is 0 Å². The fourth-order valence-corrected chi connectivity index (χ4v) is 5.14. The number of Topliss-reactive ketones (excluding diaryl/α,β-unsaturated/α-hetero) is 1. The zero-order valence-corrected chi connectivity index (χ0v) is 20.9. The summed E-state index contributed by atoms with van der Waals surface area (Å²) in [6.45, 7) is 3.89. The van der Waals surface area contributed by atoms with Gasteiger partial charge in [-0.05, 0) is 60.9 Å². The SMILES string of the molecule is Cc1ccc(N2C(=O)c3ccc(C(=O)N4[C@H](c5ccccc5)[C@@H]4C(=O)c4ccccc4)cc3C2=O)cc1C. The summed E-state index contributed by atoms with van der Waals surface area (Å²) in [6, 6.07) is 27.3. The van der Waals surface area contributed by atoms with Crippen molar-refractivity contribution in [2.24, 2.45) is 0 Å². The third-order valence-electron chi connectivity index (χ3n) is 7.39. The van der Waals surface area contributed by atoms with Crippen molar-refractivity contribution in [3.05, 3.63) is 136 Å². The van der Waals surface area contributed by atoms with Crippen molar-refractivity contribution in [2.45, 2.75) is 25.9 Å². The van der Waals surface area contributed by atoms with Crippen LogP contribution in [0, 0.1) is 13.8 Å². The first-order chi connectivity index (χ1) is 18.4. The van der Waals surface area contributed by atoms with Gasteiger partial charge in [0.05, 0.1) is 22.9 Å². The normalized spacial score (nSPS) is 17.9. The van der Waals surface area contributed by atoms with Gasteiger partial charge >= 0.3 is 0 Å². The first-order valence-electron chi connectivity index (χ1n) is 12.4. The number of carbonyl (C=O) groups excluding carboxylic acids is 4. The molecule has 0 N–H and O–H groups in total. The van der Waals surface area contributed by atoms with Crippen molar-refractivity contribution in [1.82, 2.24) is 4.90 Å². The molecule has 4 aromatic carbocycles. The Morgan fingerprint density at radius 1 is 0.658 bits per heavy atom. The number of amides is 3. The fourth-order valence-electron chi connectivity index (χ4n) is 5.14. The first kappa shape index (κ1) is 23.6. The summed E-state index contributed by atoms with van der Waals surface area (Å²) in [6.07, 6.45) is 0. The largest absolute Gasteiger partial charge is 0.316 e. The lowest BCUT2D eigenvalue weighted by Gasteiger charge is -2.15. The van der Waals surface area contributed by atoms with Gasteiger partial charge in [0.1, 0.15) is 6.04 Å². The minimum atomic E-state index is -0.648. The van der Waals surface area contributed by atoms with Gasteiger partial charge in [0.2, 0.25) is 0 Å². The highest BCUT2D eigenvalue weighted by molar-refractivity contribution is 6.34. The van der Waals surface area contributed by atoms with E-state index < -0.39 is 23.9 Å². The van der Waals surface area contributed by atoms with Crippen LogP contribution in [-0.4, -0.2) is 34.4 Å². The van der Waals surface area contributed by atoms with Gasteiger partial charge in [-0.1, -0.05) is 66.7 Å². The Balaban J connectivity index is 1.33. The maximum absolute atomic E-state index is 13.7. The van der Waals surface area contributed by atoms with E-state index in [0.717, 1.165) is 21.6 Å². The van der Waals surface area contributed by atoms with Crippen LogP contribution in [0.4, 0.5) is 5.69 Å². The highest BCUT2D eigenvalue weighted by Gasteiger charge is 2.56. The van der Waals surface area contributed by atoms with E-state index in [-0.39, 0.29) is 28.4 Å². The molecule has 1 saturated heterocycles. The van der Waals surface area contributed by atoms with Crippen molar-refractivity contribution < 1.29 is 19.2 Å². The second-order valence-corrected chi connectivity index (χ2v) is 9.72. The minimum absolute atomic E-state index is 0.138. The van der Waals surface area contributed by atoms with Crippen LogP contribution >= 0.6 is 0 Å². The van der Waals surface area contributed by atoms with Crippen LogP contribution in [0.25, 0.3) is 0 Å². The molecule has 0 spiro atoms. The second kappa shape index (κ2) is 8.92. The Kier molecular flexibility index (Phi) is 5.53. The second-order valence-electron chi connectivity index (χ2n) is 9.72. The van der Waals surface area contributed by atoms with E-state index in [2.05, 4.69) is 0 Å². The van der Waals surface area contributed by atoms with Gasteiger partial charge in [-0.25, -0.2) is 4.90 Å². The van der Waals surface area contributed by atoms with Crippen LogP contribution in [0.1, 0.15) is 64.2 Å². The van der Waals surface area contributed by atoms with Crippen LogP contribution in [0.2, 0.25) is 0 Å². The smallest absolute Gasteiger partial charge is 0.266 e. The molecule has 6 nitrogen and oxygen atoms in total. The molecule has 186 valence electrons. The summed E-state index contributed by atoms with van der Waals surface area (Å²) in [7, 11) is 0. The molecule has 0 radical (unpaired) electrons. The van der Waals surface area contributed by atoms with Crippen molar-refractivity contribution in [3.8, 4) is 0 Å². The quantitative estimate of drug-likeness (QED) is 0.205. The van der Waals surface area contributed by atoms with E-state index in [4.69, 9.17) is 0 Å². The van der Waals surface area contributed by atoms with E-state index >= 15 is 0 Å². The molecule has 6 heteroatoms. The topological polar surface area (TPSA) is 74.5 Å². The summed E-state index contributed by atoms with van der Waals surface area (Å²) in [4.78, 5) is 56.3. The van der Waals surface area contributed by atoms with E-state index in [1.165, 1.54) is 12.1 Å². The number of nitrogens with zero attached hydrogens (tertiary/aromatic N) is 2. The Bertz CT molecular complexity index is 1630. The number of hydrogen-bond acceptors (Lipinski definition) is 4. The zero-order chi connectivity index (χ0) is 26.6. The first-order valence-corrected chi connectivity index (χ1v) is 12.4. The average molecular weight is 501 g/mol. The van der Waals surface area contributed by atoms with Crippen molar-refractivity contribution >= 4 is 29.2 Å². The molecule has 3 amide bonds. The molecule has 0 unspecified atom stereocenters. The van der Waals surface area contributed by atoms with Crippen LogP contribution < -0.4 is 4.90 Å². The van der Waals surface area contributed by atoms with Crippen LogP contribution in [0.15, 0.2) is 97.1 Å². The molecular weight excluding hydrogens is 476 g/mol. The molecule has 6 rings (SSSR count). The highest BCUT2D eigenvalue weighted by atomic mass is 16.2. The van der Waals surface area contributed by atoms with Gasteiger partial charge in [0.15, 0.2) is 5.78 Å². The molecule has 2 aliphatic heterocycles. The Morgan fingerprint density at radius 3 is 2.00 bits per heavy atom. The van der Waals surface area contributed by atoms with Crippen molar-refractivity contribution in [1.29, 1.82) is 0 Å². The predicted molar refractivity (Wildman–Crippen MR) is 143 cm³/mol. The summed E-state index contributed by atoms with van der Waals surface area (Å²) >= 11 is 0. The predicted octanol–water partition coefficient (Wildman–Crippen LogP) is 5.55. The number of aryl methyl sites for hydroxylation is 2. The summed E-state index contributed by atoms with van der Waals surface area (Å²) in [5.74, 6) is -1.38. The lowest BCUT2D eigenvalue weighted by atomic mass is 10.0. The maximum Gasteiger partial charge on any atom is 0.266 e. The van der Waals surface area contributed by atoms with Gasteiger partial charge in [0.25, 0.3) is 17.7 Å². The molecule has 1 fully saturated rings. The highest BCUT2D eigenvalue weighted by Crippen LogP contribution is 2.46. The van der Waals surface area contributed by atoms with Gasteiger partial charge in [-0.15, -0.1) is 0 Å². The standard InChI is InChI=1S/C32H24N2O4/c1-19-13-15-24(17-20(19)2)33-31(37)25-16-14-23(18-26(25)32(33)38)30(36)34-27(21-9-5-3-6-10-21)28(34)29(35)22-11-7-4-8-12-22/h3-18,27-28H,1-2H3/t27-,28-,34?/m1/s1. The fraction of sp³-hybridized carbons (Fsp3) is 0.125. The van der Waals surface area contributed by atoms with Gasteiger partial charge in [-0.2, -0.15) is 0 Å². The monoisotopic (exact) mass is 500 g/mol. The molecule has 0 aliphatic carbocycles. The Hall–Kier alpha value is -4.84. The molecule has 0 bridgehead atoms.